The first kappa shape index (κ1) is 9.85. The van der Waals surface area contributed by atoms with Gasteiger partial charge in [0.2, 0.25) is 5.82 Å². The van der Waals surface area contributed by atoms with E-state index in [1.807, 2.05) is 0 Å². The Morgan fingerprint density at radius 3 is 3.08 bits per heavy atom. The van der Waals surface area contributed by atoms with E-state index in [9.17, 15) is 9.00 Å². The fourth-order valence-electron chi connectivity index (χ4n) is 0.707. The van der Waals surface area contributed by atoms with Crippen molar-refractivity contribution in [3.63, 3.8) is 0 Å². The number of rotatable bonds is 4. The van der Waals surface area contributed by atoms with Crippen molar-refractivity contribution in [3.8, 4) is 0 Å². The van der Waals surface area contributed by atoms with Gasteiger partial charge in [0.25, 0.3) is 5.91 Å². The number of aromatic amines is 1. The summed E-state index contributed by atoms with van der Waals surface area (Å²) < 4.78 is 10.6. The highest BCUT2D eigenvalue weighted by Crippen LogP contribution is 1.84. The minimum absolute atomic E-state index is 0.168. The summed E-state index contributed by atoms with van der Waals surface area (Å²) in [5, 5.41) is 8.51. The summed E-state index contributed by atoms with van der Waals surface area (Å²) in [6, 6.07) is 0. The minimum atomic E-state index is -0.890. The van der Waals surface area contributed by atoms with Crippen molar-refractivity contribution in [2.75, 3.05) is 18.6 Å². The van der Waals surface area contributed by atoms with Gasteiger partial charge >= 0.3 is 0 Å². The fraction of sp³-hybridized carbons (Fsp3) is 0.500. The molecule has 0 radical (unpaired) electrons. The van der Waals surface area contributed by atoms with Gasteiger partial charge in [-0.15, -0.1) is 0 Å². The van der Waals surface area contributed by atoms with Crippen LogP contribution in [0.5, 0.6) is 0 Å². The number of nitrogens with zero attached hydrogens (tertiary/aromatic N) is 2. The average molecular weight is 202 g/mol. The number of amides is 1. The Morgan fingerprint density at radius 2 is 2.54 bits per heavy atom. The first-order valence-corrected chi connectivity index (χ1v) is 5.36. The van der Waals surface area contributed by atoms with Gasteiger partial charge in [0.15, 0.2) is 0 Å². The lowest BCUT2D eigenvalue weighted by molar-refractivity contribution is 0.0946. The number of carbonyl (C=O) groups excluding carboxylic acids is 1. The van der Waals surface area contributed by atoms with E-state index in [4.69, 9.17) is 0 Å². The summed E-state index contributed by atoms with van der Waals surface area (Å²) in [7, 11) is -0.890. The van der Waals surface area contributed by atoms with Gasteiger partial charge in [0.05, 0.1) is 0 Å². The van der Waals surface area contributed by atoms with E-state index >= 15 is 0 Å². The molecule has 0 aliphatic carbocycles. The van der Waals surface area contributed by atoms with Crippen LogP contribution in [0.15, 0.2) is 6.33 Å². The van der Waals surface area contributed by atoms with Gasteiger partial charge in [0.1, 0.15) is 6.33 Å². The van der Waals surface area contributed by atoms with Crippen LogP contribution >= 0.6 is 0 Å². The van der Waals surface area contributed by atoms with Crippen LogP contribution in [0.1, 0.15) is 10.6 Å². The molecule has 6 nitrogen and oxygen atoms in total. The first-order chi connectivity index (χ1) is 6.20. The predicted molar refractivity (Wildman–Crippen MR) is 47.6 cm³/mol. The Hall–Kier alpha value is -1.24. The van der Waals surface area contributed by atoms with Crippen molar-refractivity contribution in [2.45, 2.75) is 0 Å². The molecule has 0 spiro atoms. The van der Waals surface area contributed by atoms with Crippen molar-refractivity contribution >= 4 is 16.7 Å². The molecule has 1 amide bonds. The molecule has 0 saturated carbocycles. The van der Waals surface area contributed by atoms with E-state index in [-0.39, 0.29) is 11.7 Å². The zero-order valence-corrected chi connectivity index (χ0v) is 7.93. The monoisotopic (exact) mass is 202 g/mol. The highest BCUT2D eigenvalue weighted by Gasteiger charge is 2.06. The van der Waals surface area contributed by atoms with Gasteiger partial charge in [-0.05, 0) is 0 Å². The Labute approximate surface area is 77.6 Å². The molecule has 0 fully saturated rings. The number of H-pyrrole nitrogens is 1. The Balaban J connectivity index is 2.31. The van der Waals surface area contributed by atoms with Crippen LogP contribution in [0.25, 0.3) is 0 Å². The van der Waals surface area contributed by atoms with E-state index in [0.717, 1.165) is 0 Å². The summed E-state index contributed by atoms with van der Waals surface area (Å²) in [6.07, 6.45) is 2.84. The van der Waals surface area contributed by atoms with Crippen molar-refractivity contribution in [1.82, 2.24) is 20.5 Å². The third kappa shape index (κ3) is 3.32. The summed E-state index contributed by atoms with van der Waals surface area (Å²) >= 11 is 0. The SMILES string of the molecule is CS(=O)CCNC(=O)c1ncn[nH]1. The third-order valence-electron chi connectivity index (χ3n) is 1.31. The summed E-state index contributed by atoms with van der Waals surface area (Å²) in [4.78, 5) is 14.8. The third-order valence-corrected chi connectivity index (χ3v) is 2.08. The van der Waals surface area contributed by atoms with Crippen molar-refractivity contribution < 1.29 is 9.00 Å². The second-order valence-corrected chi connectivity index (χ2v) is 3.92. The van der Waals surface area contributed by atoms with Crippen molar-refractivity contribution in [1.29, 1.82) is 0 Å². The van der Waals surface area contributed by atoms with Gasteiger partial charge in [0, 0.05) is 29.4 Å². The first-order valence-electron chi connectivity index (χ1n) is 3.63. The number of hydrogen-bond acceptors (Lipinski definition) is 4. The van der Waals surface area contributed by atoms with Gasteiger partial charge in [-0.2, -0.15) is 5.10 Å². The maximum absolute atomic E-state index is 11.1. The number of hydrogen-bond donors (Lipinski definition) is 2. The van der Waals surface area contributed by atoms with Crippen LogP contribution in [0.2, 0.25) is 0 Å². The van der Waals surface area contributed by atoms with Crippen molar-refractivity contribution in [2.24, 2.45) is 0 Å². The summed E-state index contributed by atoms with van der Waals surface area (Å²) in [6.45, 7) is 0.378. The van der Waals surface area contributed by atoms with Crippen molar-refractivity contribution in [3.05, 3.63) is 12.2 Å². The summed E-state index contributed by atoms with van der Waals surface area (Å²) in [5.41, 5.74) is 0. The van der Waals surface area contributed by atoms with Gasteiger partial charge in [-0.3, -0.25) is 14.1 Å². The maximum atomic E-state index is 11.1. The molecule has 1 atom stereocenters. The molecule has 2 N–H and O–H groups in total. The second-order valence-electron chi connectivity index (χ2n) is 2.37. The Morgan fingerprint density at radius 1 is 1.77 bits per heavy atom. The minimum Gasteiger partial charge on any atom is -0.348 e. The maximum Gasteiger partial charge on any atom is 0.288 e. The second kappa shape index (κ2) is 4.70. The molecule has 1 unspecified atom stereocenters. The molecular weight excluding hydrogens is 192 g/mol. The topological polar surface area (TPSA) is 87.7 Å². The number of aromatic nitrogens is 3. The zero-order chi connectivity index (χ0) is 9.68. The molecule has 0 aromatic carbocycles. The highest BCUT2D eigenvalue weighted by atomic mass is 32.2. The molecule has 0 saturated heterocycles. The van der Waals surface area contributed by atoms with Gasteiger partial charge in [-0.25, -0.2) is 4.98 Å². The molecule has 0 aliphatic rings. The smallest absolute Gasteiger partial charge is 0.288 e. The van der Waals surface area contributed by atoms with Crippen LogP contribution in [0.4, 0.5) is 0 Å². The lowest BCUT2D eigenvalue weighted by Crippen LogP contribution is -2.28. The van der Waals surface area contributed by atoms with E-state index in [1.54, 1.807) is 6.26 Å². The van der Waals surface area contributed by atoms with Crippen LogP contribution in [0, 0.1) is 0 Å². The molecule has 1 aromatic heterocycles. The Bertz CT molecular complexity index is 298. The quantitative estimate of drug-likeness (QED) is 0.649. The molecule has 1 aromatic rings. The van der Waals surface area contributed by atoms with Crippen LogP contribution in [0.3, 0.4) is 0 Å². The largest absolute Gasteiger partial charge is 0.348 e. The molecule has 0 bridgehead atoms. The summed E-state index contributed by atoms with van der Waals surface area (Å²) in [5.74, 6) is 0.282. The van der Waals surface area contributed by atoms with E-state index in [1.165, 1.54) is 6.33 Å². The fourth-order valence-corrected chi connectivity index (χ4v) is 1.10. The zero-order valence-electron chi connectivity index (χ0n) is 7.11. The van der Waals surface area contributed by atoms with Gasteiger partial charge < -0.3 is 5.32 Å². The molecule has 1 rings (SSSR count). The van der Waals surface area contributed by atoms with Crippen LogP contribution in [-0.4, -0.2) is 43.9 Å². The standard InChI is InChI=1S/C6H10N4O2S/c1-13(12)3-2-7-6(11)5-8-4-9-10-5/h4H,2-3H2,1H3,(H,7,11)(H,8,9,10). The predicted octanol–water partition coefficient (Wildman–Crippen LogP) is -1.09. The number of carbonyl (C=O) groups is 1. The normalized spacial score (nSPS) is 12.4. The molecule has 7 heteroatoms. The average Bonchev–Trinajstić information content (AvgIpc) is 2.55. The van der Waals surface area contributed by atoms with E-state index < -0.39 is 10.8 Å². The van der Waals surface area contributed by atoms with Crippen LogP contribution in [-0.2, 0) is 10.8 Å². The van der Waals surface area contributed by atoms with E-state index in [0.29, 0.717) is 12.3 Å². The Kier molecular flexibility index (Phi) is 3.56. The molecule has 0 aliphatic heterocycles. The molecule has 13 heavy (non-hydrogen) atoms. The molecule has 1 heterocycles. The van der Waals surface area contributed by atoms with E-state index in [2.05, 4.69) is 20.5 Å². The molecular formula is C6H10N4O2S. The van der Waals surface area contributed by atoms with Crippen LogP contribution < -0.4 is 5.32 Å². The lowest BCUT2D eigenvalue weighted by atomic mass is 10.5. The number of nitrogens with one attached hydrogen (secondary N) is 2. The molecule has 72 valence electrons. The highest BCUT2D eigenvalue weighted by molar-refractivity contribution is 7.84. The lowest BCUT2D eigenvalue weighted by Gasteiger charge is -1.99. The van der Waals surface area contributed by atoms with Gasteiger partial charge in [-0.1, -0.05) is 0 Å².